The number of rotatable bonds is 4. The zero-order chi connectivity index (χ0) is 16.2. The number of aliphatic hydroxyl groups excluding tert-OH is 1. The van der Waals surface area contributed by atoms with E-state index in [1.807, 2.05) is 24.3 Å². The molecule has 0 spiro atoms. The lowest BCUT2D eigenvalue weighted by Gasteiger charge is -2.28. The van der Waals surface area contributed by atoms with Crippen LogP contribution in [-0.2, 0) is 11.2 Å². The highest BCUT2D eigenvalue weighted by Crippen LogP contribution is 2.33. The Bertz CT molecular complexity index is 712. The third-order valence-corrected chi connectivity index (χ3v) is 4.25. The van der Waals surface area contributed by atoms with Crippen LogP contribution in [0.25, 0.3) is 0 Å². The maximum absolute atomic E-state index is 11.3. The maximum atomic E-state index is 11.3. The Morgan fingerprint density at radius 1 is 1.22 bits per heavy atom. The van der Waals surface area contributed by atoms with Gasteiger partial charge in [-0.15, -0.1) is 0 Å². The summed E-state index contributed by atoms with van der Waals surface area (Å²) in [4.78, 5) is 11.3. The average Bonchev–Trinajstić information content (AvgIpc) is 2.55. The van der Waals surface area contributed by atoms with Crippen LogP contribution in [0.4, 0.5) is 11.4 Å². The fourth-order valence-corrected chi connectivity index (χ4v) is 3.16. The molecule has 0 saturated heterocycles. The first-order valence-corrected chi connectivity index (χ1v) is 8.02. The van der Waals surface area contributed by atoms with Gasteiger partial charge in [0.15, 0.2) is 0 Å². The van der Waals surface area contributed by atoms with Crippen LogP contribution in [0.15, 0.2) is 42.5 Å². The van der Waals surface area contributed by atoms with Crippen LogP contribution in [0.5, 0.6) is 0 Å². The molecule has 4 nitrogen and oxygen atoms in total. The number of carbonyl (C=O) groups excluding carboxylic acids is 1. The van der Waals surface area contributed by atoms with Gasteiger partial charge in [-0.3, -0.25) is 4.79 Å². The van der Waals surface area contributed by atoms with E-state index in [-0.39, 0.29) is 0 Å². The van der Waals surface area contributed by atoms with E-state index in [9.17, 15) is 4.79 Å². The normalized spacial score (nSPS) is 16.5. The van der Waals surface area contributed by atoms with Gasteiger partial charge in [0.05, 0.1) is 6.04 Å². The minimum absolute atomic E-state index is 0.294. The summed E-state index contributed by atoms with van der Waals surface area (Å²) in [6.07, 6.45) is 3.42. The van der Waals surface area contributed by atoms with Crippen LogP contribution in [0.1, 0.15) is 35.6 Å². The zero-order valence-corrected chi connectivity index (χ0v) is 13.3. The van der Waals surface area contributed by atoms with E-state index in [0.29, 0.717) is 11.7 Å². The molecule has 3 N–H and O–H groups in total. The molecule has 1 amide bonds. The maximum Gasteiger partial charge on any atom is 0.250 e. The first-order valence-electron chi connectivity index (χ1n) is 8.02. The highest BCUT2D eigenvalue weighted by molar-refractivity contribution is 5.91. The third-order valence-electron chi connectivity index (χ3n) is 4.25. The lowest BCUT2D eigenvalue weighted by molar-refractivity contribution is -0.118. The number of hydrogen-bond acceptors (Lipinski definition) is 3. The molecule has 120 valence electrons. The van der Waals surface area contributed by atoms with Gasteiger partial charge in [-0.25, -0.2) is 0 Å². The van der Waals surface area contributed by atoms with Crippen LogP contribution < -0.4 is 10.6 Å². The number of benzene rings is 2. The average molecular weight is 310 g/mol. The summed E-state index contributed by atoms with van der Waals surface area (Å²) in [5.74, 6) is -0.402. The topological polar surface area (TPSA) is 61.4 Å². The van der Waals surface area contributed by atoms with Crippen molar-refractivity contribution in [1.82, 2.24) is 0 Å². The molecule has 0 radical (unpaired) electrons. The van der Waals surface area contributed by atoms with Gasteiger partial charge in [0, 0.05) is 11.4 Å². The molecular weight excluding hydrogens is 288 g/mol. The van der Waals surface area contributed by atoms with Crippen LogP contribution in [0.3, 0.4) is 0 Å². The number of aliphatic hydroxyl groups is 1. The molecule has 0 saturated carbocycles. The largest absolute Gasteiger partial charge is 0.387 e. The first-order chi connectivity index (χ1) is 11.2. The van der Waals surface area contributed by atoms with E-state index in [1.165, 1.54) is 23.1 Å². The van der Waals surface area contributed by atoms with E-state index in [0.717, 1.165) is 18.5 Å². The highest BCUT2D eigenvalue weighted by Gasteiger charge is 2.20. The van der Waals surface area contributed by atoms with Crippen molar-refractivity contribution in [1.29, 1.82) is 0 Å². The number of amides is 1. The van der Waals surface area contributed by atoms with Gasteiger partial charge in [-0.1, -0.05) is 29.8 Å². The predicted molar refractivity (Wildman–Crippen MR) is 92.6 cm³/mol. The number of fused-ring (bicyclic) bond motifs is 1. The summed E-state index contributed by atoms with van der Waals surface area (Å²) in [5, 5.41) is 15.1. The first kappa shape index (κ1) is 15.6. The van der Waals surface area contributed by atoms with Gasteiger partial charge in [0.1, 0.15) is 6.61 Å². The molecule has 1 atom stereocenters. The molecule has 0 fully saturated rings. The molecule has 1 aliphatic carbocycles. The number of hydrogen-bond donors (Lipinski definition) is 3. The quantitative estimate of drug-likeness (QED) is 0.811. The van der Waals surface area contributed by atoms with Crippen molar-refractivity contribution < 1.29 is 9.90 Å². The molecule has 4 heteroatoms. The van der Waals surface area contributed by atoms with Crippen molar-refractivity contribution in [3.8, 4) is 0 Å². The second kappa shape index (κ2) is 6.84. The van der Waals surface area contributed by atoms with E-state index in [2.05, 4.69) is 35.8 Å². The van der Waals surface area contributed by atoms with Gasteiger partial charge in [0.25, 0.3) is 0 Å². The predicted octanol–water partition coefficient (Wildman–Crippen LogP) is 3.42. The Labute approximate surface area is 136 Å². The van der Waals surface area contributed by atoms with Crippen molar-refractivity contribution in [2.45, 2.75) is 32.2 Å². The highest BCUT2D eigenvalue weighted by atomic mass is 16.3. The van der Waals surface area contributed by atoms with Gasteiger partial charge in [-0.05, 0) is 55.5 Å². The Balaban J connectivity index is 1.79. The van der Waals surface area contributed by atoms with Crippen molar-refractivity contribution >= 4 is 17.3 Å². The molecule has 0 aromatic heterocycles. The summed E-state index contributed by atoms with van der Waals surface area (Å²) in [7, 11) is 0. The number of carbonyl (C=O) groups is 1. The summed E-state index contributed by atoms with van der Waals surface area (Å²) in [6.45, 7) is 1.62. The number of nitrogens with one attached hydrogen (secondary N) is 2. The van der Waals surface area contributed by atoms with Crippen molar-refractivity contribution in [3.05, 3.63) is 59.2 Å². The fourth-order valence-electron chi connectivity index (χ4n) is 3.16. The molecule has 0 aliphatic heterocycles. The molecule has 2 aromatic rings. The Kier molecular flexibility index (Phi) is 4.63. The lowest BCUT2D eigenvalue weighted by atomic mass is 9.86. The van der Waals surface area contributed by atoms with E-state index in [4.69, 9.17) is 5.11 Å². The van der Waals surface area contributed by atoms with Crippen molar-refractivity contribution in [3.63, 3.8) is 0 Å². The molecule has 0 heterocycles. The third kappa shape index (κ3) is 3.71. The van der Waals surface area contributed by atoms with Crippen molar-refractivity contribution in [2.24, 2.45) is 0 Å². The van der Waals surface area contributed by atoms with Crippen LogP contribution in [0.2, 0.25) is 0 Å². The smallest absolute Gasteiger partial charge is 0.250 e. The molecule has 3 rings (SSSR count). The Morgan fingerprint density at radius 3 is 2.87 bits per heavy atom. The fraction of sp³-hybridized carbons (Fsp3) is 0.316. The summed E-state index contributed by atoms with van der Waals surface area (Å²) < 4.78 is 0. The molecule has 23 heavy (non-hydrogen) atoms. The molecule has 2 aromatic carbocycles. The van der Waals surface area contributed by atoms with Crippen LogP contribution >= 0.6 is 0 Å². The molecule has 0 bridgehead atoms. The Hall–Kier alpha value is -2.33. The number of aryl methyl sites for hydroxylation is 2. The molecular formula is C19H22N2O2. The Morgan fingerprint density at radius 2 is 2.04 bits per heavy atom. The van der Waals surface area contributed by atoms with Gasteiger partial charge in [-0.2, -0.15) is 0 Å². The minimum atomic E-state index is -0.507. The van der Waals surface area contributed by atoms with Gasteiger partial charge >= 0.3 is 0 Å². The van der Waals surface area contributed by atoms with E-state index < -0.39 is 12.5 Å². The second-order valence-corrected chi connectivity index (χ2v) is 6.08. The SMILES string of the molecule is Cc1ccc2c(c1)C(Nc1cccc(NC(=O)CO)c1)CCC2. The van der Waals surface area contributed by atoms with Gasteiger partial charge in [0.2, 0.25) is 5.91 Å². The van der Waals surface area contributed by atoms with Crippen molar-refractivity contribution in [2.75, 3.05) is 17.2 Å². The van der Waals surface area contributed by atoms with Gasteiger partial charge < -0.3 is 15.7 Å². The number of anilines is 2. The monoisotopic (exact) mass is 310 g/mol. The molecule has 1 aliphatic rings. The summed E-state index contributed by atoms with van der Waals surface area (Å²) >= 11 is 0. The van der Waals surface area contributed by atoms with E-state index >= 15 is 0 Å². The molecule has 1 unspecified atom stereocenters. The zero-order valence-electron chi connectivity index (χ0n) is 13.3. The summed E-state index contributed by atoms with van der Waals surface area (Å²) in [6, 6.07) is 14.6. The van der Waals surface area contributed by atoms with E-state index in [1.54, 1.807) is 0 Å². The summed E-state index contributed by atoms with van der Waals surface area (Å²) in [5.41, 5.74) is 5.74. The van der Waals surface area contributed by atoms with Crippen LogP contribution in [-0.4, -0.2) is 17.6 Å². The minimum Gasteiger partial charge on any atom is -0.387 e. The lowest BCUT2D eigenvalue weighted by Crippen LogP contribution is -2.18. The second-order valence-electron chi connectivity index (χ2n) is 6.08. The van der Waals surface area contributed by atoms with Crippen LogP contribution in [0, 0.1) is 6.92 Å². The standard InChI is InChI=1S/C19H22N2O2/c1-13-8-9-14-4-2-7-18(17(14)10-13)20-15-5-3-6-16(11-15)21-19(23)12-22/h3,5-6,8-11,18,20,22H,2,4,7,12H2,1H3,(H,21,23).